The molecule has 2 aliphatic heterocycles. The lowest BCUT2D eigenvalue weighted by molar-refractivity contribution is -0.128. The Labute approximate surface area is 165 Å². The van der Waals surface area contributed by atoms with Gasteiger partial charge < -0.3 is 10.6 Å². The smallest absolute Gasteiger partial charge is 0.234 e. The third kappa shape index (κ3) is 3.54. The molecule has 27 heavy (non-hydrogen) atoms. The van der Waals surface area contributed by atoms with Crippen LogP contribution in [-0.4, -0.2) is 41.4 Å². The fourth-order valence-electron chi connectivity index (χ4n) is 5.00. The van der Waals surface area contributed by atoms with Crippen LogP contribution in [0, 0.1) is 18.3 Å². The van der Waals surface area contributed by atoms with E-state index in [1.807, 2.05) is 0 Å². The molecule has 1 aliphatic carbocycles. The molecule has 1 saturated carbocycles. The standard InChI is InChI=1S/C21H31N3O2S/c1-13(2)21(7-8-21)20(26)23-16-10-15-4-5-17(16)24(15)12-19(25)22-11-18-14(3)6-9-27-18/h6,9,13,15-17H,4-5,7-8,10-12H2,1-3H3,(H,22,25)(H,23,26)/t15-,16+,17+/m0/s1. The number of aryl methyl sites for hydroxylation is 1. The van der Waals surface area contributed by atoms with Gasteiger partial charge in [-0.3, -0.25) is 14.5 Å². The number of hydrogen-bond donors (Lipinski definition) is 2. The van der Waals surface area contributed by atoms with Gasteiger partial charge in [-0.25, -0.2) is 0 Å². The molecule has 1 aromatic heterocycles. The average Bonchev–Trinajstić information content (AvgIpc) is 3.12. The molecule has 3 atom stereocenters. The number of amides is 2. The van der Waals surface area contributed by atoms with Crippen molar-refractivity contribution >= 4 is 23.2 Å². The molecule has 2 bridgehead atoms. The lowest BCUT2D eigenvalue weighted by Gasteiger charge is -2.27. The monoisotopic (exact) mass is 389 g/mol. The molecular formula is C21H31N3O2S. The van der Waals surface area contributed by atoms with E-state index in [1.54, 1.807) is 11.3 Å². The van der Waals surface area contributed by atoms with Gasteiger partial charge >= 0.3 is 0 Å². The van der Waals surface area contributed by atoms with E-state index >= 15 is 0 Å². The Bertz CT molecular complexity index is 725. The second kappa shape index (κ2) is 7.21. The van der Waals surface area contributed by atoms with Crippen molar-refractivity contribution in [1.29, 1.82) is 0 Å². The number of hydrogen-bond acceptors (Lipinski definition) is 4. The normalized spacial score (nSPS) is 28.5. The number of carbonyl (C=O) groups excluding carboxylic acids is 2. The average molecular weight is 390 g/mol. The van der Waals surface area contributed by atoms with Crippen molar-refractivity contribution in [3.8, 4) is 0 Å². The fraction of sp³-hybridized carbons (Fsp3) is 0.714. The molecule has 0 radical (unpaired) electrons. The van der Waals surface area contributed by atoms with E-state index in [4.69, 9.17) is 0 Å². The number of thiophene rings is 1. The van der Waals surface area contributed by atoms with Crippen LogP contribution in [0.5, 0.6) is 0 Å². The van der Waals surface area contributed by atoms with Gasteiger partial charge in [0.15, 0.2) is 0 Å². The quantitative estimate of drug-likeness (QED) is 0.754. The first-order valence-corrected chi connectivity index (χ1v) is 11.1. The van der Waals surface area contributed by atoms with Gasteiger partial charge in [-0.2, -0.15) is 0 Å². The molecule has 0 unspecified atom stereocenters. The van der Waals surface area contributed by atoms with E-state index in [2.05, 4.69) is 47.8 Å². The molecule has 5 nitrogen and oxygen atoms in total. The van der Waals surface area contributed by atoms with Crippen molar-refractivity contribution in [3.05, 3.63) is 21.9 Å². The zero-order valence-corrected chi connectivity index (χ0v) is 17.4. The van der Waals surface area contributed by atoms with Gasteiger partial charge in [0.25, 0.3) is 0 Å². The number of carbonyl (C=O) groups is 2. The summed E-state index contributed by atoms with van der Waals surface area (Å²) >= 11 is 1.69. The van der Waals surface area contributed by atoms with Crippen LogP contribution in [0.25, 0.3) is 0 Å². The highest BCUT2D eigenvalue weighted by Gasteiger charge is 2.54. The molecule has 4 rings (SSSR count). The Morgan fingerprint density at radius 2 is 2.11 bits per heavy atom. The lowest BCUT2D eigenvalue weighted by Crippen LogP contribution is -2.48. The van der Waals surface area contributed by atoms with Crippen LogP contribution in [0.15, 0.2) is 11.4 Å². The Morgan fingerprint density at radius 1 is 1.33 bits per heavy atom. The molecule has 3 fully saturated rings. The third-order valence-electron chi connectivity index (χ3n) is 7.08. The summed E-state index contributed by atoms with van der Waals surface area (Å²) in [4.78, 5) is 28.8. The molecule has 3 heterocycles. The zero-order chi connectivity index (χ0) is 19.2. The Kier molecular flexibility index (Phi) is 5.06. The van der Waals surface area contributed by atoms with E-state index < -0.39 is 0 Å². The van der Waals surface area contributed by atoms with Crippen LogP contribution >= 0.6 is 11.3 Å². The summed E-state index contributed by atoms with van der Waals surface area (Å²) in [6.45, 7) is 7.44. The van der Waals surface area contributed by atoms with E-state index in [0.717, 1.165) is 32.1 Å². The molecule has 2 amide bonds. The maximum absolute atomic E-state index is 12.8. The van der Waals surface area contributed by atoms with Gasteiger partial charge in [0.1, 0.15) is 0 Å². The van der Waals surface area contributed by atoms with Crippen molar-refractivity contribution in [2.45, 2.75) is 77.5 Å². The molecule has 2 saturated heterocycles. The fourth-order valence-corrected chi connectivity index (χ4v) is 5.85. The van der Waals surface area contributed by atoms with Crippen LogP contribution in [0.1, 0.15) is 56.4 Å². The van der Waals surface area contributed by atoms with Gasteiger partial charge in [0.2, 0.25) is 11.8 Å². The Morgan fingerprint density at radius 3 is 2.74 bits per heavy atom. The number of rotatable bonds is 7. The summed E-state index contributed by atoms with van der Waals surface area (Å²) in [5, 5.41) is 8.48. The lowest BCUT2D eigenvalue weighted by atomic mass is 9.89. The predicted octanol–water partition coefficient (Wildman–Crippen LogP) is 2.83. The van der Waals surface area contributed by atoms with E-state index in [9.17, 15) is 9.59 Å². The molecular weight excluding hydrogens is 358 g/mol. The molecule has 3 aliphatic rings. The second-order valence-corrected chi connectivity index (χ2v) is 9.90. The first-order chi connectivity index (χ1) is 12.9. The highest BCUT2D eigenvalue weighted by Crippen LogP contribution is 2.52. The summed E-state index contributed by atoms with van der Waals surface area (Å²) in [6.07, 6.45) is 5.25. The van der Waals surface area contributed by atoms with Crippen LogP contribution in [0.3, 0.4) is 0 Å². The first-order valence-electron chi connectivity index (χ1n) is 10.3. The summed E-state index contributed by atoms with van der Waals surface area (Å²) in [5.74, 6) is 0.735. The van der Waals surface area contributed by atoms with E-state index in [0.29, 0.717) is 31.1 Å². The summed E-state index contributed by atoms with van der Waals surface area (Å²) < 4.78 is 0. The van der Waals surface area contributed by atoms with Crippen molar-refractivity contribution in [2.24, 2.45) is 11.3 Å². The molecule has 2 N–H and O–H groups in total. The van der Waals surface area contributed by atoms with E-state index in [-0.39, 0.29) is 23.3 Å². The van der Waals surface area contributed by atoms with Crippen molar-refractivity contribution in [1.82, 2.24) is 15.5 Å². The third-order valence-corrected chi connectivity index (χ3v) is 8.11. The van der Waals surface area contributed by atoms with Gasteiger partial charge in [-0.15, -0.1) is 11.3 Å². The highest BCUT2D eigenvalue weighted by atomic mass is 32.1. The van der Waals surface area contributed by atoms with E-state index in [1.165, 1.54) is 10.4 Å². The van der Waals surface area contributed by atoms with Gasteiger partial charge in [0, 0.05) is 23.0 Å². The Hall–Kier alpha value is -1.40. The molecule has 148 valence electrons. The maximum atomic E-state index is 12.8. The zero-order valence-electron chi connectivity index (χ0n) is 16.6. The molecule has 0 aromatic carbocycles. The molecule has 1 aromatic rings. The maximum Gasteiger partial charge on any atom is 0.234 e. The Balaban J connectivity index is 1.30. The van der Waals surface area contributed by atoms with Crippen LogP contribution in [0.2, 0.25) is 0 Å². The molecule has 0 spiro atoms. The second-order valence-electron chi connectivity index (χ2n) is 8.90. The van der Waals surface area contributed by atoms with Gasteiger partial charge in [-0.05, 0) is 62.0 Å². The highest BCUT2D eigenvalue weighted by molar-refractivity contribution is 7.10. The number of nitrogens with zero attached hydrogens (tertiary/aromatic N) is 1. The topological polar surface area (TPSA) is 61.4 Å². The number of nitrogens with one attached hydrogen (secondary N) is 2. The predicted molar refractivity (Wildman–Crippen MR) is 107 cm³/mol. The minimum Gasteiger partial charge on any atom is -0.351 e. The van der Waals surface area contributed by atoms with Crippen molar-refractivity contribution < 1.29 is 9.59 Å². The number of fused-ring (bicyclic) bond motifs is 2. The SMILES string of the molecule is Cc1ccsc1CNC(=O)CN1[C@H]2CC[C@@H]1[C@H](NC(=O)C1(C(C)C)CC1)C2. The van der Waals surface area contributed by atoms with Gasteiger partial charge in [0.05, 0.1) is 18.5 Å². The summed E-state index contributed by atoms with van der Waals surface area (Å²) in [6, 6.07) is 3.05. The van der Waals surface area contributed by atoms with Crippen LogP contribution in [-0.2, 0) is 16.1 Å². The van der Waals surface area contributed by atoms with Crippen molar-refractivity contribution in [2.75, 3.05) is 6.54 Å². The first kappa shape index (κ1) is 18.9. The van der Waals surface area contributed by atoms with Crippen LogP contribution < -0.4 is 10.6 Å². The minimum atomic E-state index is -0.122. The summed E-state index contributed by atoms with van der Waals surface area (Å²) in [5.41, 5.74) is 1.12. The largest absolute Gasteiger partial charge is 0.351 e. The van der Waals surface area contributed by atoms with Gasteiger partial charge in [-0.1, -0.05) is 13.8 Å². The molecule has 6 heteroatoms. The van der Waals surface area contributed by atoms with Crippen molar-refractivity contribution in [3.63, 3.8) is 0 Å². The summed E-state index contributed by atoms with van der Waals surface area (Å²) in [7, 11) is 0. The minimum absolute atomic E-state index is 0.0903. The van der Waals surface area contributed by atoms with Crippen LogP contribution in [0.4, 0.5) is 0 Å².